The lowest BCUT2D eigenvalue weighted by Gasteiger charge is -2.27. The standard InChI is InChI=1S/C13H13FO3/c14-13-4-10(17-11-6-16-7-11)3-9-1-8(5-15)2-12(9)13/h3-5,8,11H,1-2,6-7H2. The first-order chi connectivity index (χ1) is 8.26. The average Bonchev–Trinajstić information content (AvgIpc) is 2.67. The van der Waals surface area contributed by atoms with Crippen LogP contribution in [-0.2, 0) is 22.4 Å². The third-order valence-corrected chi connectivity index (χ3v) is 3.31. The number of fused-ring (bicyclic) bond motifs is 1. The van der Waals surface area contributed by atoms with Crippen molar-refractivity contribution in [2.24, 2.45) is 5.92 Å². The molecule has 3 nitrogen and oxygen atoms in total. The number of carbonyl (C=O) groups excluding carboxylic acids is 1. The minimum atomic E-state index is -0.262. The summed E-state index contributed by atoms with van der Waals surface area (Å²) >= 11 is 0. The second-order valence-corrected chi connectivity index (χ2v) is 4.62. The predicted molar refractivity (Wildman–Crippen MR) is 58.6 cm³/mol. The Kier molecular flexibility index (Phi) is 2.59. The van der Waals surface area contributed by atoms with E-state index >= 15 is 0 Å². The zero-order chi connectivity index (χ0) is 11.8. The minimum Gasteiger partial charge on any atom is -0.485 e. The van der Waals surface area contributed by atoms with E-state index in [0.717, 1.165) is 11.8 Å². The minimum absolute atomic E-state index is 0.0377. The van der Waals surface area contributed by atoms with Crippen molar-refractivity contribution in [3.8, 4) is 5.75 Å². The van der Waals surface area contributed by atoms with Gasteiger partial charge in [0.05, 0.1) is 13.2 Å². The van der Waals surface area contributed by atoms with E-state index in [0.29, 0.717) is 37.4 Å². The highest BCUT2D eigenvalue weighted by atomic mass is 19.1. The van der Waals surface area contributed by atoms with E-state index in [9.17, 15) is 9.18 Å². The molecule has 17 heavy (non-hydrogen) atoms. The smallest absolute Gasteiger partial charge is 0.145 e. The summed E-state index contributed by atoms with van der Waals surface area (Å²) in [7, 11) is 0. The Hall–Kier alpha value is -1.42. The van der Waals surface area contributed by atoms with Crippen molar-refractivity contribution in [3.63, 3.8) is 0 Å². The summed E-state index contributed by atoms with van der Waals surface area (Å²) in [6, 6.07) is 3.25. The maximum Gasteiger partial charge on any atom is 0.145 e. The number of carbonyl (C=O) groups is 1. The van der Waals surface area contributed by atoms with E-state index in [1.807, 2.05) is 6.07 Å². The molecule has 1 saturated heterocycles. The van der Waals surface area contributed by atoms with Gasteiger partial charge in [0.1, 0.15) is 24.0 Å². The number of hydrogen-bond donors (Lipinski definition) is 0. The highest BCUT2D eigenvalue weighted by Crippen LogP contribution is 2.32. The zero-order valence-electron chi connectivity index (χ0n) is 9.32. The van der Waals surface area contributed by atoms with E-state index in [2.05, 4.69) is 0 Å². The average molecular weight is 236 g/mol. The van der Waals surface area contributed by atoms with Crippen molar-refractivity contribution in [2.45, 2.75) is 18.9 Å². The molecule has 4 heteroatoms. The summed E-state index contributed by atoms with van der Waals surface area (Å²) in [6.45, 7) is 1.13. The van der Waals surface area contributed by atoms with Crippen LogP contribution in [0.2, 0.25) is 0 Å². The molecule has 1 heterocycles. The molecule has 1 aromatic carbocycles. The van der Waals surface area contributed by atoms with Crippen LogP contribution >= 0.6 is 0 Å². The van der Waals surface area contributed by atoms with Crippen LogP contribution in [0.1, 0.15) is 11.1 Å². The van der Waals surface area contributed by atoms with Gasteiger partial charge in [-0.1, -0.05) is 0 Å². The van der Waals surface area contributed by atoms with Crippen LogP contribution < -0.4 is 4.74 Å². The van der Waals surface area contributed by atoms with Crippen molar-refractivity contribution in [2.75, 3.05) is 13.2 Å². The molecule has 0 radical (unpaired) electrons. The van der Waals surface area contributed by atoms with Gasteiger partial charge in [0.25, 0.3) is 0 Å². The first kappa shape index (κ1) is 10.7. The van der Waals surface area contributed by atoms with Crippen molar-refractivity contribution >= 4 is 6.29 Å². The third-order valence-electron chi connectivity index (χ3n) is 3.31. The van der Waals surface area contributed by atoms with Crippen LogP contribution in [0, 0.1) is 11.7 Å². The van der Waals surface area contributed by atoms with Gasteiger partial charge in [0.15, 0.2) is 0 Å². The van der Waals surface area contributed by atoms with Gasteiger partial charge in [-0.2, -0.15) is 0 Å². The van der Waals surface area contributed by atoms with E-state index in [1.54, 1.807) is 0 Å². The van der Waals surface area contributed by atoms with Gasteiger partial charge in [-0.05, 0) is 30.0 Å². The van der Waals surface area contributed by atoms with Crippen LogP contribution in [-0.4, -0.2) is 25.6 Å². The first-order valence-electron chi connectivity index (χ1n) is 5.77. The molecule has 0 N–H and O–H groups in total. The number of halogens is 1. The fourth-order valence-electron chi connectivity index (χ4n) is 2.33. The van der Waals surface area contributed by atoms with Gasteiger partial charge < -0.3 is 14.3 Å². The monoisotopic (exact) mass is 236 g/mol. The second kappa shape index (κ2) is 4.11. The molecule has 0 amide bonds. The third kappa shape index (κ3) is 1.93. The predicted octanol–water partition coefficient (Wildman–Crippen LogP) is 1.52. The Morgan fingerprint density at radius 2 is 2.18 bits per heavy atom. The summed E-state index contributed by atoms with van der Waals surface area (Å²) in [5.74, 6) is 0.199. The molecule has 0 saturated carbocycles. The number of hydrogen-bond acceptors (Lipinski definition) is 3. The van der Waals surface area contributed by atoms with Gasteiger partial charge in [-0.25, -0.2) is 4.39 Å². The summed E-state index contributed by atoms with van der Waals surface area (Å²) in [5.41, 5.74) is 1.57. The fraction of sp³-hybridized carbons (Fsp3) is 0.462. The van der Waals surface area contributed by atoms with Crippen LogP contribution in [0.4, 0.5) is 4.39 Å². The lowest BCUT2D eigenvalue weighted by Crippen LogP contribution is -2.38. The topological polar surface area (TPSA) is 35.5 Å². The number of benzene rings is 1. The first-order valence-corrected chi connectivity index (χ1v) is 5.77. The van der Waals surface area contributed by atoms with Crippen molar-refractivity contribution in [3.05, 3.63) is 29.1 Å². The van der Waals surface area contributed by atoms with E-state index < -0.39 is 0 Å². The highest BCUT2D eigenvalue weighted by molar-refractivity contribution is 5.59. The van der Waals surface area contributed by atoms with E-state index in [1.165, 1.54) is 6.07 Å². The number of aldehydes is 1. The molecule has 90 valence electrons. The summed E-state index contributed by atoms with van der Waals surface area (Å²) in [5, 5.41) is 0. The van der Waals surface area contributed by atoms with Crippen LogP contribution in [0.5, 0.6) is 5.75 Å². The van der Waals surface area contributed by atoms with Gasteiger partial charge in [0.2, 0.25) is 0 Å². The Bertz CT molecular complexity index is 454. The maximum atomic E-state index is 13.8. The van der Waals surface area contributed by atoms with Gasteiger partial charge in [0, 0.05) is 12.0 Å². The highest BCUT2D eigenvalue weighted by Gasteiger charge is 2.26. The Morgan fingerprint density at radius 3 is 2.82 bits per heavy atom. The lowest BCUT2D eigenvalue weighted by atomic mass is 10.1. The molecule has 1 atom stereocenters. The van der Waals surface area contributed by atoms with Crippen LogP contribution in [0.25, 0.3) is 0 Å². The molecular formula is C13H13FO3. The normalized spacial score (nSPS) is 23.0. The SMILES string of the molecule is O=CC1Cc2cc(OC3COC3)cc(F)c2C1. The zero-order valence-corrected chi connectivity index (χ0v) is 9.32. The summed E-state index contributed by atoms with van der Waals surface area (Å²) in [6.07, 6.45) is 2.07. The Morgan fingerprint density at radius 1 is 1.35 bits per heavy atom. The second-order valence-electron chi connectivity index (χ2n) is 4.62. The largest absolute Gasteiger partial charge is 0.485 e. The molecule has 1 unspecified atom stereocenters. The van der Waals surface area contributed by atoms with Gasteiger partial charge in [-0.15, -0.1) is 0 Å². The molecule has 0 bridgehead atoms. The van der Waals surface area contributed by atoms with Gasteiger partial charge in [-0.3, -0.25) is 0 Å². The van der Waals surface area contributed by atoms with E-state index in [-0.39, 0.29) is 17.8 Å². The Balaban J connectivity index is 1.84. The maximum absolute atomic E-state index is 13.8. The molecule has 1 aliphatic heterocycles. The van der Waals surface area contributed by atoms with Crippen LogP contribution in [0.15, 0.2) is 12.1 Å². The molecule has 1 aliphatic carbocycles. The number of rotatable bonds is 3. The molecule has 0 aromatic heterocycles. The van der Waals surface area contributed by atoms with Crippen LogP contribution in [0.3, 0.4) is 0 Å². The van der Waals surface area contributed by atoms with Gasteiger partial charge >= 0.3 is 0 Å². The molecule has 3 rings (SSSR count). The lowest BCUT2D eigenvalue weighted by molar-refractivity contribution is -0.110. The Labute approximate surface area is 98.5 Å². The fourth-order valence-corrected chi connectivity index (χ4v) is 2.33. The van der Waals surface area contributed by atoms with Crippen molar-refractivity contribution in [1.82, 2.24) is 0 Å². The van der Waals surface area contributed by atoms with E-state index in [4.69, 9.17) is 9.47 Å². The molecule has 1 aromatic rings. The quantitative estimate of drug-likeness (QED) is 0.746. The molecule has 1 fully saturated rings. The molecule has 2 aliphatic rings. The molecule has 0 spiro atoms. The number of ether oxygens (including phenoxy) is 2. The summed E-state index contributed by atoms with van der Waals surface area (Å²) in [4.78, 5) is 10.7. The van der Waals surface area contributed by atoms with Crippen molar-refractivity contribution < 1.29 is 18.7 Å². The summed E-state index contributed by atoms with van der Waals surface area (Å²) < 4.78 is 24.4. The van der Waals surface area contributed by atoms with Crippen molar-refractivity contribution in [1.29, 1.82) is 0 Å². The molecular weight excluding hydrogens is 223 g/mol.